The molecule has 1 aromatic rings. The van der Waals surface area contributed by atoms with Gasteiger partial charge in [0.25, 0.3) is 0 Å². The second-order valence-corrected chi connectivity index (χ2v) is 4.85. The lowest BCUT2D eigenvalue weighted by molar-refractivity contribution is 0.436. The Kier molecular flexibility index (Phi) is 2.55. The van der Waals surface area contributed by atoms with Crippen molar-refractivity contribution in [2.45, 2.75) is 44.2 Å². The predicted molar refractivity (Wildman–Crippen MR) is 60.5 cm³/mol. The first-order valence-electron chi connectivity index (χ1n) is 6.22. The fourth-order valence-corrected chi connectivity index (χ4v) is 2.85. The van der Waals surface area contributed by atoms with Crippen molar-refractivity contribution in [3.8, 4) is 0 Å². The molecule has 1 aliphatic heterocycles. The van der Waals surface area contributed by atoms with Crippen molar-refractivity contribution < 1.29 is 0 Å². The summed E-state index contributed by atoms with van der Waals surface area (Å²) in [5.74, 6) is 0. The molecule has 5 heteroatoms. The van der Waals surface area contributed by atoms with Gasteiger partial charge in [-0.3, -0.25) is 4.57 Å². The van der Waals surface area contributed by atoms with Crippen LogP contribution in [0.2, 0.25) is 0 Å². The zero-order valence-electron chi connectivity index (χ0n) is 9.43. The van der Waals surface area contributed by atoms with E-state index in [4.69, 9.17) is 0 Å². The standard InChI is InChI=1S/C11H18N4O/c16-11-14(10-5-6-12-7-10)8-13-15(11)9-3-1-2-4-9/h8-10,12H,1-7H2/t10-/m0/s1. The lowest BCUT2D eigenvalue weighted by Gasteiger charge is -2.09. The Morgan fingerprint density at radius 2 is 2.06 bits per heavy atom. The third-order valence-electron chi connectivity index (χ3n) is 3.82. The molecule has 0 aromatic carbocycles. The molecule has 1 aromatic heterocycles. The van der Waals surface area contributed by atoms with Crippen LogP contribution in [-0.4, -0.2) is 27.4 Å². The van der Waals surface area contributed by atoms with Crippen LogP contribution in [0.15, 0.2) is 11.1 Å². The molecule has 1 saturated carbocycles. The smallest absolute Gasteiger partial charge is 0.315 e. The van der Waals surface area contributed by atoms with Crippen LogP contribution < -0.4 is 11.0 Å². The first-order valence-corrected chi connectivity index (χ1v) is 6.22. The number of hydrogen-bond donors (Lipinski definition) is 1. The molecule has 3 rings (SSSR count). The summed E-state index contributed by atoms with van der Waals surface area (Å²) in [5, 5.41) is 7.56. The van der Waals surface area contributed by atoms with Crippen molar-refractivity contribution in [2.24, 2.45) is 0 Å². The van der Waals surface area contributed by atoms with Crippen molar-refractivity contribution >= 4 is 0 Å². The molecule has 1 N–H and O–H groups in total. The summed E-state index contributed by atoms with van der Waals surface area (Å²) in [6.07, 6.45) is 7.44. The topological polar surface area (TPSA) is 51.9 Å². The molecule has 2 fully saturated rings. The molecule has 1 saturated heterocycles. The van der Waals surface area contributed by atoms with Crippen LogP contribution in [0.1, 0.15) is 44.2 Å². The molecule has 2 heterocycles. The first-order chi connectivity index (χ1) is 7.86. The SMILES string of the molecule is O=c1n([C@H]2CCNC2)cnn1C1CCCC1. The Morgan fingerprint density at radius 1 is 1.25 bits per heavy atom. The summed E-state index contributed by atoms with van der Waals surface area (Å²) in [6.45, 7) is 1.90. The van der Waals surface area contributed by atoms with E-state index in [0.29, 0.717) is 12.1 Å². The predicted octanol–water partition coefficient (Wildman–Crippen LogP) is 0.694. The van der Waals surface area contributed by atoms with Gasteiger partial charge in [-0.1, -0.05) is 12.8 Å². The number of hydrogen-bond acceptors (Lipinski definition) is 3. The zero-order chi connectivity index (χ0) is 11.0. The maximum atomic E-state index is 12.2. The summed E-state index contributed by atoms with van der Waals surface area (Å²) in [7, 11) is 0. The molecule has 2 aliphatic rings. The average Bonchev–Trinajstić information content (AvgIpc) is 2.96. The highest BCUT2D eigenvalue weighted by Crippen LogP contribution is 2.27. The van der Waals surface area contributed by atoms with Crippen molar-refractivity contribution in [3.05, 3.63) is 16.8 Å². The van der Waals surface area contributed by atoms with Gasteiger partial charge in [-0.05, 0) is 25.8 Å². The highest BCUT2D eigenvalue weighted by molar-refractivity contribution is 4.85. The van der Waals surface area contributed by atoms with Crippen LogP contribution in [0.5, 0.6) is 0 Å². The minimum atomic E-state index is 0.0839. The molecule has 16 heavy (non-hydrogen) atoms. The van der Waals surface area contributed by atoms with Crippen molar-refractivity contribution in [1.29, 1.82) is 0 Å². The van der Waals surface area contributed by atoms with Crippen molar-refractivity contribution in [2.75, 3.05) is 13.1 Å². The molecule has 1 aliphatic carbocycles. The number of nitrogens with one attached hydrogen (secondary N) is 1. The molecule has 88 valence electrons. The summed E-state index contributed by atoms with van der Waals surface area (Å²) < 4.78 is 3.50. The number of nitrogens with zero attached hydrogens (tertiary/aromatic N) is 3. The van der Waals surface area contributed by atoms with Gasteiger partial charge in [0.15, 0.2) is 0 Å². The molecule has 1 atom stereocenters. The van der Waals surface area contributed by atoms with Gasteiger partial charge in [0.1, 0.15) is 6.33 Å². The van der Waals surface area contributed by atoms with Gasteiger partial charge in [-0.25, -0.2) is 9.48 Å². The Bertz CT molecular complexity index is 373. The largest absolute Gasteiger partial charge is 0.346 e. The van der Waals surface area contributed by atoms with Gasteiger partial charge in [0, 0.05) is 6.54 Å². The second-order valence-electron chi connectivity index (χ2n) is 4.85. The molecule has 0 unspecified atom stereocenters. The first kappa shape index (κ1) is 10.1. The summed E-state index contributed by atoms with van der Waals surface area (Å²) in [5.41, 5.74) is 0.0839. The fraction of sp³-hybridized carbons (Fsp3) is 0.818. The van der Waals surface area contributed by atoms with E-state index < -0.39 is 0 Å². The van der Waals surface area contributed by atoms with E-state index in [2.05, 4.69) is 10.4 Å². The van der Waals surface area contributed by atoms with Crippen LogP contribution >= 0.6 is 0 Å². The molecule has 5 nitrogen and oxygen atoms in total. The maximum Gasteiger partial charge on any atom is 0.346 e. The minimum Gasteiger partial charge on any atom is -0.315 e. The van der Waals surface area contributed by atoms with E-state index in [1.54, 1.807) is 15.6 Å². The lowest BCUT2D eigenvalue weighted by atomic mass is 10.2. The van der Waals surface area contributed by atoms with E-state index >= 15 is 0 Å². The van der Waals surface area contributed by atoms with Crippen molar-refractivity contribution in [1.82, 2.24) is 19.7 Å². The minimum absolute atomic E-state index is 0.0839. The van der Waals surface area contributed by atoms with E-state index in [9.17, 15) is 4.79 Å². The highest BCUT2D eigenvalue weighted by Gasteiger charge is 2.24. The van der Waals surface area contributed by atoms with Gasteiger partial charge in [-0.15, -0.1) is 0 Å². The van der Waals surface area contributed by atoms with Gasteiger partial charge in [0.05, 0.1) is 12.1 Å². The third kappa shape index (κ3) is 1.59. The van der Waals surface area contributed by atoms with Crippen molar-refractivity contribution in [3.63, 3.8) is 0 Å². The molecule has 0 spiro atoms. The van der Waals surface area contributed by atoms with Crippen LogP contribution in [-0.2, 0) is 0 Å². The van der Waals surface area contributed by atoms with E-state index in [-0.39, 0.29) is 5.69 Å². The summed E-state index contributed by atoms with van der Waals surface area (Å²) >= 11 is 0. The molecular weight excluding hydrogens is 204 g/mol. The van der Waals surface area contributed by atoms with E-state index in [1.165, 1.54) is 12.8 Å². The Hall–Kier alpha value is -1.10. The normalized spacial score (nSPS) is 26.6. The maximum absolute atomic E-state index is 12.2. The molecular formula is C11H18N4O. The highest BCUT2D eigenvalue weighted by atomic mass is 16.2. The van der Waals surface area contributed by atoms with E-state index in [1.807, 2.05) is 0 Å². The fourth-order valence-electron chi connectivity index (χ4n) is 2.85. The van der Waals surface area contributed by atoms with E-state index in [0.717, 1.165) is 32.4 Å². The lowest BCUT2D eigenvalue weighted by Crippen LogP contribution is -2.30. The van der Waals surface area contributed by atoms with Crippen LogP contribution in [0.4, 0.5) is 0 Å². The monoisotopic (exact) mass is 222 g/mol. The van der Waals surface area contributed by atoms with Gasteiger partial charge < -0.3 is 5.32 Å². The Balaban J connectivity index is 1.87. The van der Waals surface area contributed by atoms with Crippen LogP contribution in [0, 0.1) is 0 Å². The van der Waals surface area contributed by atoms with Gasteiger partial charge in [-0.2, -0.15) is 5.10 Å². The zero-order valence-corrected chi connectivity index (χ0v) is 9.43. The average molecular weight is 222 g/mol. The van der Waals surface area contributed by atoms with Crippen LogP contribution in [0.3, 0.4) is 0 Å². The van der Waals surface area contributed by atoms with Crippen LogP contribution in [0.25, 0.3) is 0 Å². The van der Waals surface area contributed by atoms with Gasteiger partial charge in [0.2, 0.25) is 0 Å². The second kappa shape index (κ2) is 4.05. The third-order valence-corrected chi connectivity index (χ3v) is 3.82. The molecule has 0 radical (unpaired) electrons. The summed E-state index contributed by atoms with van der Waals surface area (Å²) in [4.78, 5) is 12.2. The summed E-state index contributed by atoms with van der Waals surface area (Å²) in [6, 6.07) is 0.658. The number of aromatic nitrogens is 3. The molecule has 0 bridgehead atoms. The quantitative estimate of drug-likeness (QED) is 0.801. The Morgan fingerprint density at radius 3 is 2.75 bits per heavy atom. The molecule has 0 amide bonds. The number of rotatable bonds is 2. The Labute approximate surface area is 94.5 Å². The van der Waals surface area contributed by atoms with Gasteiger partial charge >= 0.3 is 5.69 Å².